The van der Waals surface area contributed by atoms with Gasteiger partial charge in [-0.3, -0.25) is 19.2 Å². The molecule has 0 saturated carbocycles. The lowest BCUT2D eigenvalue weighted by Crippen LogP contribution is -2.05. The van der Waals surface area contributed by atoms with E-state index in [-0.39, 0.29) is 31.8 Å². The van der Waals surface area contributed by atoms with E-state index < -0.39 is 11.9 Å². The van der Waals surface area contributed by atoms with Gasteiger partial charge in [-0.25, -0.2) is 0 Å². The molecule has 2 N–H and O–H groups in total. The monoisotopic (exact) mass is 312 g/mol. The molecule has 0 saturated heterocycles. The highest BCUT2D eigenvalue weighted by Gasteiger charge is 2.02. The van der Waals surface area contributed by atoms with E-state index in [9.17, 15) is 19.2 Å². The normalized spacial score (nSPS) is 6.86. The third-order valence-corrected chi connectivity index (χ3v) is 1.24. The summed E-state index contributed by atoms with van der Waals surface area (Å²) in [5.41, 5.74) is 0. The van der Waals surface area contributed by atoms with Crippen LogP contribution in [0.25, 0.3) is 0 Å². The third kappa shape index (κ3) is 45.9. The summed E-state index contributed by atoms with van der Waals surface area (Å²) in [4.78, 5) is 40.6. The van der Waals surface area contributed by atoms with Crippen molar-refractivity contribution in [3.05, 3.63) is 0 Å². The van der Waals surface area contributed by atoms with Gasteiger partial charge < -0.3 is 19.7 Å². The van der Waals surface area contributed by atoms with E-state index in [4.69, 9.17) is 10.2 Å². The lowest BCUT2D eigenvalue weighted by atomic mass is 10.3. The first-order chi connectivity index (χ1) is 9.33. The Labute approximate surface area is 126 Å². The number of methoxy groups -OCH3 is 2. The summed E-state index contributed by atoms with van der Waals surface area (Å²) < 4.78 is 8.40. The summed E-state index contributed by atoms with van der Waals surface area (Å²) in [5.74, 6) is -1.29. The van der Waals surface area contributed by atoms with Gasteiger partial charge in [-0.2, -0.15) is 0 Å². The van der Waals surface area contributed by atoms with E-state index in [1.807, 2.05) is 0 Å². The molecule has 0 aliphatic heterocycles. The standard InChI is InChI=1S/2C5H8O3.2CH4O.CH4/c2*1-4(6)3-5(7)8-2;2*1-2;/h2*3H2,1-2H3;2*2H,1H3;1H4. The van der Waals surface area contributed by atoms with Gasteiger partial charge in [-0.15, -0.1) is 0 Å². The summed E-state index contributed by atoms with van der Waals surface area (Å²) in [6, 6.07) is 0. The second kappa shape index (κ2) is 26.7. The number of Topliss-reactive ketones (excluding diaryl/α,β-unsaturated/α-hetero) is 2. The van der Waals surface area contributed by atoms with E-state index in [1.54, 1.807) is 0 Å². The Hall–Kier alpha value is -1.80. The molecular formula is C13H28O8. The fourth-order valence-electron chi connectivity index (χ4n) is 0.551. The molecule has 0 unspecified atom stereocenters. The molecule has 0 radical (unpaired) electrons. The van der Waals surface area contributed by atoms with Crippen LogP contribution >= 0.6 is 0 Å². The predicted molar refractivity (Wildman–Crippen MR) is 77.6 cm³/mol. The van der Waals surface area contributed by atoms with Gasteiger partial charge in [0.1, 0.15) is 24.4 Å². The Bertz CT molecular complexity index is 245. The zero-order valence-electron chi connectivity index (χ0n) is 12.8. The molecule has 0 amide bonds. The summed E-state index contributed by atoms with van der Waals surface area (Å²) >= 11 is 0. The van der Waals surface area contributed by atoms with Gasteiger partial charge in [0.15, 0.2) is 0 Å². The summed E-state index contributed by atoms with van der Waals surface area (Å²) in [6.07, 6.45) is -0.229. The minimum Gasteiger partial charge on any atom is -0.469 e. The van der Waals surface area contributed by atoms with Crippen LogP contribution in [0.2, 0.25) is 0 Å². The number of carbonyl (C=O) groups excluding carboxylic acids is 4. The van der Waals surface area contributed by atoms with Gasteiger partial charge in [-0.05, 0) is 13.8 Å². The predicted octanol–water partition coefficient (Wildman–Crippen LogP) is 0.130. The number of aliphatic hydroxyl groups excluding tert-OH is 2. The Morgan fingerprint density at radius 2 is 0.905 bits per heavy atom. The molecule has 0 heterocycles. The lowest BCUT2D eigenvalue weighted by molar-refractivity contribution is -0.144. The first-order valence-electron chi connectivity index (χ1n) is 5.35. The number of rotatable bonds is 4. The van der Waals surface area contributed by atoms with Crippen molar-refractivity contribution in [3.63, 3.8) is 0 Å². The molecule has 21 heavy (non-hydrogen) atoms. The van der Waals surface area contributed by atoms with Crippen LogP contribution in [0.5, 0.6) is 0 Å². The molecule has 0 rings (SSSR count). The third-order valence-electron chi connectivity index (χ3n) is 1.24. The van der Waals surface area contributed by atoms with Crippen LogP contribution < -0.4 is 0 Å². The van der Waals surface area contributed by atoms with Crippen molar-refractivity contribution in [2.24, 2.45) is 0 Å². The van der Waals surface area contributed by atoms with Crippen molar-refractivity contribution in [1.82, 2.24) is 0 Å². The van der Waals surface area contributed by atoms with E-state index in [2.05, 4.69) is 9.47 Å². The highest BCUT2D eigenvalue weighted by Crippen LogP contribution is 1.83. The quantitative estimate of drug-likeness (QED) is 0.554. The van der Waals surface area contributed by atoms with Crippen LogP contribution in [-0.4, -0.2) is 62.2 Å². The van der Waals surface area contributed by atoms with Crippen LogP contribution in [0, 0.1) is 0 Å². The Kier molecular flexibility index (Phi) is 40.1. The number of ketones is 2. The van der Waals surface area contributed by atoms with Gasteiger partial charge in [0.25, 0.3) is 0 Å². The van der Waals surface area contributed by atoms with Gasteiger partial charge in [0.2, 0.25) is 0 Å². The second-order valence-corrected chi connectivity index (χ2v) is 2.91. The van der Waals surface area contributed by atoms with Gasteiger partial charge in [0.05, 0.1) is 14.2 Å². The summed E-state index contributed by atoms with van der Waals surface area (Å²) in [6.45, 7) is 2.69. The molecule has 8 heteroatoms. The maximum absolute atomic E-state index is 10.2. The number of aliphatic hydroxyl groups is 2. The first-order valence-corrected chi connectivity index (χ1v) is 5.35. The van der Waals surface area contributed by atoms with Crippen LogP contribution in [-0.2, 0) is 28.7 Å². The molecule has 128 valence electrons. The fraction of sp³-hybridized carbons (Fsp3) is 0.692. The molecule has 0 aromatic rings. The molecule has 0 aliphatic carbocycles. The molecular weight excluding hydrogens is 284 g/mol. The largest absolute Gasteiger partial charge is 0.469 e. The molecule has 8 nitrogen and oxygen atoms in total. The average Bonchev–Trinajstić information content (AvgIpc) is 2.42. The summed E-state index contributed by atoms with van der Waals surface area (Å²) in [5, 5.41) is 14.0. The number of ether oxygens (including phenoxy) is 2. The molecule has 0 fully saturated rings. The minimum atomic E-state index is -0.475. The number of hydrogen-bond donors (Lipinski definition) is 2. The summed E-state index contributed by atoms with van der Waals surface area (Å²) in [7, 11) is 4.51. The molecule has 0 spiro atoms. The van der Waals surface area contributed by atoms with Crippen molar-refractivity contribution >= 4 is 23.5 Å². The van der Waals surface area contributed by atoms with Gasteiger partial charge in [0, 0.05) is 14.2 Å². The van der Waals surface area contributed by atoms with Gasteiger partial charge in [-0.1, -0.05) is 7.43 Å². The number of esters is 2. The Morgan fingerprint density at radius 3 is 0.952 bits per heavy atom. The highest BCUT2D eigenvalue weighted by molar-refractivity contribution is 5.94. The first kappa shape index (κ1) is 31.5. The minimum absolute atomic E-state index is 0. The molecule has 0 bridgehead atoms. The smallest absolute Gasteiger partial charge is 0.313 e. The number of carbonyl (C=O) groups is 4. The van der Waals surface area contributed by atoms with E-state index in [0.717, 1.165) is 14.2 Å². The average molecular weight is 312 g/mol. The molecule has 0 aliphatic rings. The van der Waals surface area contributed by atoms with E-state index in [1.165, 1.54) is 28.1 Å². The maximum Gasteiger partial charge on any atom is 0.313 e. The highest BCUT2D eigenvalue weighted by atomic mass is 16.5. The zero-order chi connectivity index (χ0) is 17.1. The van der Waals surface area contributed by atoms with Crippen molar-refractivity contribution < 1.29 is 38.9 Å². The topological polar surface area (TPSA) is 127 Å². The molecule has 0 atom stereocenters. The molecule has 0 aromatic carbocycles. The van der Waals surface area contributed by atoms with Crippen LogP contribution in [0.3, 0.4) is 0 Å². The van der Waals surface area contributed by atoms with Crippen LogP contribution in [0.1, 0.15) is 34.1 Å². The zero-order valence-corrected chi connectivity index (χ0v) is 12.8. The van der Waals surface area contributed by atoms with Crippen LogP contribution in [0.4, 0.5) is 0 Å². The molecule has 0 aromatic heterocycles. The second-order valence-electron chi connectivity index (χ2n) is 2.91. The van der Waals surface area contributed by atoms with Crippen molar-refractivity contribution in [1.29, 1.82) is 0 Å². The van der Waals surface area contributed by atoms with Gasteiger partial charge >= 0.3 is 11.9 Å². The van der Waals surface area contributed by atoms with Crippen molar-refractivity contribution in [3.8, 4) is 0 Å². The SMILES string of the molecule is C.CO.CO.COC(=O)CC(C)=O.COC(=O)CC(C)=O. The van der Waals surface area contributed by atoms with Crippen molar-refractivity contribution in [2.45, 2.75) is 34.1 Å². The van der Waals surface area contributed by atoms with Crippen molar-refractivity contribution in [2.75, 3.05) is 28.4 Å². The Balaban J connectivity index is -0.0000000630. The lowest BCUT2D eigenvalue weighted by Gasteiger charge is -1.90. The maximum atomic E-state index is 10.2. The van der Waals surface area contributed by atoms with Crippen LogP contribution in [0.15, 0.2) is 0 Å². The Morgan fingerprint density at radius 1 is 0.714 bits per heavy atom. The fourth-order valence-corrected chi connectivity index (χ4v) is 0.551. The number of hydrogen-bond acceptors (Lipinski definition) is 8. The van der Waals surface area contributed by atoms with E-state index >= 15 is 0 Å². The van der Waals surface area contributed by atoms with E-state index in [0.29, 0.717) is 0 Å².